The predicted octanol–water partition coefficient (Wildman–Crippen LogP) is 2.71. The first-order valence-electron chi connectivity index (χ1n) is 6.07. The summed E-state index contributed by atoms with van der Waals surface area (Å²) in [5.74, 6) is 0.901. The molecule has 0 radical (unpaired) electrons. The molecule has 3 nitrogen and oxygen atoms in total. The summed E-state index contributed by atoms with van der Waals surface area (Å²) in [6.45, 7) is 0. The van der Waals surface area contributed by atoms with Crippen LogP contribution in [0.3, 0.4) is 0 Å². The van der Waals surface area contributed by atoms with Gasteiger partial charge in [-0.05, 0) is 23.6 Å². The summed E-state index contributed by atoms with van der Waals surface area (Å²) in [5.41, 5.74) is 4.56. The molecule has 0 amide bonds. The zero-order chi connectivity index (χ0) is 12.4. The number of hydrogen-bond donors (Lipinski definition) is 2. The Balaban J connectivity index is 1.96. The number of rotatable bonds is 2. The molecule has 0 aromatic heterocycles. The Morgan fingerprint density at radius 1 is 1.00 bits per heavy atom. The van der Waals surface area contributed by atoms with E-state index in [0.29, 0.717) is 0 Å². The van der Waals surface area contributed by atoms with Gasteiger partial charge >= 0.3 is 0 Å². The highest BCUT2D eigenvalue weighted by Crippen LogP contribution is 2.34. The molecule has 0 spiro atoms. The second kappa shape index (κ2) is 4.80. The summed E-state index contributed by atoms with van der Waals surface area (Å²) >= 11 is 0. The monoisotopic (exact) mass is 241 g/mol. The molecule has 3 heteroatoms. The first-order valence-corrected chi connectivity index (χ1v) is 6.07. The van der Waals surface area contributed by atoms with E-state index in [2.05, 4.69) is 5.48 Å². The summed E-state index contributed by atoms with van der Waals surface area (Å²) in [7, 11) is 0. The maximum Gasteiger partial charge on any atom is 0.142 e. The summed E-state index contributed by atoms with van der Waals surface area (Å²) in [5, 5.41) is 9.32. The molecule has 3 rings (SSSR count). The third-order valence-electron chi connectivity index (χ3n) is 3.33. The van der Waals surface area contributed by atoms with Gasteiger partial charge in [0, 0.05) is 0 Å². The fourth-order valence-electron chi connectivity index (χ4n) is 2.41. The fourth-order valence-corrected chi connectivity index (χ4v) is 2.41. The maximum absolute atomic E-state index is 9.32. The predicted molar refractivity (Wildman–Crippen MR) is 68.7 cm³/mol. The van der Waals surface area contributed by atoms with Gasteiger partial charge < -0.3 is 9.94 Å². The number of hydroxylamine groups is 1. The van der Waals surface area contributed by atoms with Crippen molar-refractivity contribution < 1.29 is 9.94 Å². The number of para-hydroxylation sites is 1. The average Bonchev–Trinajstić information content (AvgIpc) is 2.46. The standard InChI is InChI=1S/C15H15NO2/c17-16-13-10-12-8-4-5-9-14(12)18-15(13)11-6-2-1-3-7-11/h1-9,13,15-17H,10H2/t13-,15-/m0/s1. The van der Waals surface area contributed by atoms with E-state index in [1.165, 1.54) is 0 Å². The molecule has 18 heavy (non-hydrogen) atoms. The number of benzene rings is 2. The number of hydrogen-bond acceptors (Lipinski definition) is 3. The first-order chi connectivity index (χ1) is 8.88. The highest BCUT2D eigenvalue weighted by Gasteiger charge is 2.30. The van der Waals surface area contributed by atoms with Crippen molar-refractivity contribution in [1.29, 1.82) is 0 Å². The zero-order valence-electron chi connectivity index (χ0n) is 9.91. The van der Waals surface area contributed by atoms with Crippen molar-refractivity contribution in [3.05, 3.63) is 65.7 Å². The average molecular weight is 241 g/mol. The van der Waals surface area contributed by atoms with Crippen molar-refractivity contribution in [3.8, 4) is 5.75 Å². The van der Waals surface area contributed by atoms with Crippen LogP contribution in [0.1, 0.15) is 17.2 Å². The number of ether oxygens (including phenoxy) is 1. The Morgan fingerprint density at radius 2 is 1.72 bits per heavy atom. The molecule has 0 saturated carbocycles. The topological polar surface area (TPSA) is 41.5 Å². The van der Waals surface area contributed by atoms with Crippen LogP contribution in [0, 0.1) is 0 Å². The Morgan fingerprint density at radius 3 is 2.50 bits per heavy atom. The summed E-state index contributed by atoms with van der Waals surface area (Å²) in [4.78, 5) is 0. The van der Waals surface area contributed by atoms with Crippen LogP contribution in [0.25, 0.3) is 0 Å². The molecule has 0 bridgehead atoms. The van der Waals surface area contributed by atoms with E-state index >= 15 is 0 Å². The van der Waals surface area contributed by atoms with E-state index in [4.69, 9.17) is 4.74 Å². The summed E-state index contributed by atoms with van der Waals surface area (Å²) in [6.07, 6.45) is 0.595. The van der Waals surface area contributed by atoms with Crippen LogP contribution < -0.4 is 10.2 Å². The molecule has 2 atom stereocenters. The normalized spacial score (nSPS) is 22.1. The lowest BCUT2D eigenvalue weighted by Gasteiger charge is -2.33. The van der Waals surface area contributed by atoms with Crippen LogP contribution in [-0.2, 0) is 6.42 Å². The van der Waals surface area contributed by atoms with E-state index in [9.17, 15) is 5.21 Å². The largest absolute Gasteiger partial charge is 0.484 e. The Kier molecular flexibility index (Phi) is 3.00. The highest BCUT2D eigenvalue weighted by atomic mass is 16.5. The minimum atomic E-state index is -0.161. The molecule has 1 heterocycles. The highest BCUT2D eigenvalue weighted by molar-refractivity contribution is 5.38. The van der Waals surface area contributed by atoms with E-state index in [1.807, 2.05) is 54.6 Å². The summed E-state index contributed by atoms with van der Waals surface area (Å²) < 4.78 is 6.00. The van der Waals surface area contributed by atoms with Gasteiger partial charge in [-0.1, -0.05) is 48.5 Å². The van der Waals surface area contributed by atoms with Gasteiger partial charge in [0.25, 0.3) is 0 Å². The molecule has 92 valence electrons. The molecule has 0 saturated heterocycles. The van der Waals surface area contributed by atoms with Crippen molar-refractivity contribution in [3.63, 3.8) is 0 Å². The fraction of sp³-hybridized carbons (Fsp3) is 0.200. The minimum absolute atomic E-state index is 0.123. The minimum Gasteiger partial charge on any atom is -0.484 e. The van der Waals surface area contributed by atoms with Gasteiger partial charge in [0.2, 0.25) is 0 Å². The van der Waals surface area contributed by atoms with Crippen LogP contribution in [0.15, 0.2) is 54.6 Å². The van der Waals surface area contributed by atoms with Crippen molar-refractivity contribution in [2.75, 3.05) is 0 Å². The first kappa shape index (κ1) is 11.3. The van der Waals surface area contributed by atoms with E-state index in [0.717, 1.165) is 23.3 Å². The van der Waals surface area contributed by atoms with Crippen LogP contribution in [0.4, 0.5) is 0 Å². The van der Waals surface area contributed by atoms with Gasteiger partial charge in [-0.15, -0.1) is 0 Å². The van der Waals surface area contributed by atoms with E-state index in [-0.39, 0.29) is 12.1 Å². The Hall–Kier alpha value is -1.84. The molecule has 0 aliphatic carbocycles. The molecule has 0 unspecified atom stereocenters. The van der Waals surface area contributed by atoms with Crippen molar-refractivity contribution in [2.45, 2.75) is 18.6 Å². The van der Waals surface area contributed by atoms with Gasteiger partial charge in [-0.2, -0.15) is 5.48 Å². The van der Waals surface area contributed by atoms with Crippen LogP contribution in [0.5, 0.6) is 5.75 Å². The smallest absolute Gasteiger partial charge is 0.142 e. The second-order valence-corrected chi connectivity index (χ2v) is 4.50. The van der Waals surface area contributed by atoms with Gasteiger partial charge in [0.05, 0.1) is 6.04 Å². The quantitative estimate of drug-likeness (QED) is 0.794. The van der Waals surface area contributed by atoms with E-state index in [1.54, 1.807) is 0 Å². The van der Waals surface area contributed by atoms with Gasteiger partial charge in [-0.25, -0.2) is 0 Å². The Labute approximate surface area is 106 Å². The van der Waals surface area contributed by atoms with Gasteiger partial charge in [0.15, 0.2) is 0 Å². The van der Waals surface area contributed by atoms with Gasteiger partial charge in [0.1, 0.15) is 11.9 Å². The lowest BCUT2D eigenvalue weighted by Crippen LogP contribution is -2.40. The lowest BCUT2D eigenvalue weighted by atomic mass is 9.93. The molecule has 1 aliphatic heterocycles. The van der Waals surface area contributed by atoms with Gasteiger partial charge in [-0.3, -0.25) is 0 Å². The lowest BCUT2D eigenvalue weighted by molar-refractivity contribution is 0.0405. The van der Waals surface area contributed by atoms with Crippen molar-refractivity contribution in [1.82, 2.24) is 5.48 Å². The third kappa shape index (κ3) is 1.98. The second-order valence-electron chi connectivity index (χ2n) is 4.50. The number of fused-ring (bicyclic) bond motifs is 1. The zero-order valence-corrected chi connectivity index (χ0v) is 9.91. The van der Waals surface area contributed by atoms with Crippen LogP contribution in [-0.4, -0.2) is 11.2 Å². The molecule has 2 aromatic carbocycles. The van der Waals surface area contributed by atoms with Crippen molar-refractivity contribution >= 4 is 0 Å². The molecular formula is C15H15NO2. The third-order valence-corrected chi connectivity index (χ3v) is 3.33. The SMILES string of the molecule is ON[C@H]1Cc2ccccc2O[C@H]1c1ccccc1. The number of nitrogens with one attached hydrogen (secondary N) is 1. The van der Waals surface area contributed by atoms with Crippen molar-refractivity contribution in [2.24, 2.45) is 0 Å². The molecule has 1 aliphatic rings. The molecule has 2 N–H and O–H groups in total. The molecule has 0 fully saturated rings. The molecular weight excluding hydrogens is 226 g/mol. The molecule has 2 aromatic rings. The van der Waals surface area contributed by atoms with Crippen LogP contribution in [0.2, 0.25) is 0 Å². The Bertz CT molecular complexity index is 527. The van der Waals surface area contributed by atoms with E-state index < -0.39 is 0 Å². The maximum atomic E-state index is 9.32. The summed E-state index contributed by atoms with van der Waals surface area (Å²) in [6, 6.07) is 17.8. The van der Waals surface area contributed by atoms with Crippen LogP contribution >= 0.6 is 0 Å².